The molecule has 0 spiro atoms. The van der Waals surface area contributed by atoms with Crippen molar-refractivity contribution < 1.29 is 19.6 Å². The zero-order chi connectivity index (χ0) is 16.0. The van der Waals surface area contributed by atoms with Crippen molar-refractivity contribution in [1.29, 1.82) is 0 Å². The summed E-state index contributed by atoms with van der Waals surface area (Å²) in [6.45, 7) is 3.63. The number of carboxylic acids is 1. The Balaban J connectivity index is 2.40. The highest BCUT2D eigenvalue weighted by Crippen LogP contribution is 2.23. The van der Waals surface area contributed by atoms with Gasteiger partial charge < -0.3 is 15.6 Å². The summed E-state index contributed by atoms with van der Waals surface area (Å²) in [6, 6.07) is 4.41. The summed E-state index contributed by atoms with van der Waals surface area (Å²) < 4.78 is 5.54. The number of nitro benzene ring substituents is 1. The third kappa shape index (κ3) is 5.03. The molecule has 1 unspecified atom stereocenters. The summed E-state index contributed by atoms with van der Waals surface area (Å²) in [7, 11) is 0. The minimum absolute atomic E-state index is 0.0280. The summed E-state index contributed by atoms with van der Waals surface area (Å²) in [4.78, 5) is 21.0. The number of ether oxygens (including phenoxy) is 1. The van der Waals surface area contributed by atoms with Crippen LogP contribution in [0.1, 0.15) is 31.7 Å². The fraction of sp³-hybridized carbons (Fsp3) is 0.500. The summed E-state index contributed by atoms with van der Waals surface area (Å²) >= 11 is 0. The zero-order valence-electron chi connectivity index (χ0n) is 12.2. The zero-order valence-corrected chi connectivity index (χ0v) is 12.2. The lowest BCUT2D eigenvalue weighted by Gasteiger charge is -2.18. The van der Waals surface area contributed by atoms with Crippen LogP contribution in [-0.2, 0) is 4.79 Å². The number of aliphatic carboxylic acids is 1. The molecule has 0 radical (unpaired) electrons. The molecule has 0 bridgehead atoms. The van der Waals surface area contributed by atoms with E-state index in [9.17, 15) is 14.9 Å². The third-order valence-corrected chi connectivity index (χ3v) is 3.21. The first kappa shape index (κ1) is 16.9. The summed E-state index contributed by atoms with van der Waals surface area (Å²) in [6.07, 6.45) is 1.66. The smallest absolute Gasteiger partial charge is 0.323 e. The molecule has 1 atom stereocenters. The van der Waals surface area contributed by atoms with Crippen molar-refractivity contribution in [3.63, 3.8) is 0 Å². The van der Waals surface area contributed by atoms with Crippen LogP contribution in [0.4, 0.5) is 5.69 Å². The molecule has 116 valence electrons. The van der Waals surface area contributed by atoms with Gasteiger partial charge >= 0.3 is 5.97 Å². The maximum absolute atomic E-state index is 10.8. The summed E-state index contributed by atoms with van der Waals surface area (Å²) in [5.41, 5.74) is 5.12. The van der Waals surface area contributed by atoms with Crippen molar-refractivity contribution >= 4 is 11.7 Å². The molecule has 0 saturated heterocycles. The molecule has 0 aromatic heterocycles. The number of benzene rings is 1. The number of non-ortho nitro benzene ring substituents is 1. The van der Waals surface area contributed by atoms with E-state index in [1.807, 2.05) is 0 Å². The van der Waals surface area contributed by atoms with E-state index in [4.69, 9.17) is 15.6 Å². The first-order valence-electron chi connectivity index (χ1n) is 6.64. The van der Waals surface area contributed by atoms with Crippen molar-refractivity contribution in [2.75, 3.05) is 6.61 Å². The van der Waals surface area contributed by atoms with E-state index < -0.39 is 16.4 Å². The lowest BCUT2D eigenvalue weighted by Crippen LogP contribution is -2.44. The molecule has 1 rings (SSSR count). The molecule has 0 aliphatic heterocycles. The maximum atomic E-state index is 10.8. The predicted molar refractivity (Wildman–Crippen MR) is 77.4 cm³/mol. The highest BCUT2D eigenvalue weighted by atomic mass is 16.6. The van der Waals surface area contributed by atoms with Crippen molar-refractivity contribution in [2.45, 2.75) is 38.6 Å². The SMILES string of the molecule is Cc1cc([N+](=O)[O-])ccc1OCCCCC(C)(N)C(=O)O. The van der Waals surface area contributed by atoms with Crippen LogP contribution in [-0.4, -0.2) is 28.1 Å². The second kappa shape index (κ2) is 7.03. The standard InChI is InChI=1S/C14H20N2O5/c1-10-9-11(16(19)20)5-6-12(10)21-8-4-3-7-14(2,15)13(17)18/h5-6,9H,3-4,7-8,15H2,1-2H3,(H,17,18). The normalized spacial score (nSPS) is 13.5. The van der Waals surface area contributed by atoms with Gasteiger partial charge in [-0.1, -0.05) is 0 Å². The van der Waals surface area contributed by atoms with E-state index in [1.165, 1.54) is 19.1 Å². The van der Waals surface area contributed by atoms with E-state index in [-0.39, 0.29) is 5.69 Å². The van der Waals surface area contributed by atoms with Crippen molar-refractivity contribution in [3.8, 4) is 5.75 Å². The Morgan fingerprint density at radius 2 is 2.14 bits per heavy atom. The van der Waals surface area contributed by atoms with Crippen molar-refractivity contribution in [2.24, 2.45) is 5.73 Å². The van der Waals surface area contributed by atoms with Gasteiger partial charge in [-0.2, -0.15) is 0 Å². The van der Waals surface area contributed by atoms with Gasteiger partial charge in [0.1, 0.15) is 11.3 Å². The Hall–Kier alpha value is -2.15. The Morgan fingerprint density at radius 3 is 2.67 bits per heavy atom. The summed E-state index contributed by atoms with van der Waals surface area (Å²) in [5.74, 6) is -0.427. The van der Waals surface area contributed by atoms with Crippen LogP contribution in [0, 0.1) is 17.0 Å². The first-order chi connectivity index (χ1) is 9.74. The van der Waals surface area contributed by atoms with Crippen LogP contribution in [0.2, 0.25) is 0 Å². The van der Waals surface area contributed by atoms with Crippen LogP contribution in [0.3, 0.4) is 0 Å². The van der Waals surface area contributed by atoms with E-state index in [2.05, 4.69) is 0 Å². The number of aryl methyl sites for hydroxylation is 1. The molecule has 0 saturated carbocycles. The van der Waals surface area contributed by atoms with Crippen LogP contribution in [0.25, 0.3) is 0 Å². The summed E-state index contributed by atoms with van der Waals surface area (Å²) in [5, 5.41) is 19.5. The third-order valence-electron chi connectivity index (χ3n) is 3.21. The molecule has 1 aromatic rings. The van der Waals surface area contributed by atoms with Gasteiger partial charge in [-0.15, -0.1) is 0 Å². The Bertz CT molecular complexity index is 528. The number of rotatable bonds is 8. The van der Waals surface area contributed by atoms with E-state index in [0.29, 0.717) is 37.2 Å². The number of hydrogen-bond acceptors (Lipinski definition) is 5. The predicted octanol–water partition coefficient (Wildman–Crippen LogP) is 2.25. The second-order valence-electron chi connectivity index (χ2n) is 5.24. The first-order valence-corrected chi connectivity index (χ1v) is 6.64. The van der Waals surface area contributed by atoms with E-state index in [1.54, 1.807) is 13.0 Å². The monoisotopic (exact) mass is 296 g/mol. The van der Waals surface area contributed by atoms with Gasteiger partial charge in [0, 0.05) is 12.1 Å². The number of nitrogens with zero attached hydrogens (tertiary/aromatic N) is 1. The van der Waals surface area contributed by atoms with Crippen molar-refractivity contribution in [3.05, 3.63) is 33.9 Å². The van der Waals surface area contributed by atoms with E-state index >= 15 is 0 Å². The average molecular weight is 296 g/mol. The fourth-order valence-electron chi connectivity index (χ4n) is 1.79. The second-order valence-corrected chi connectivity index (χ2v) is 5.24. The van der Waals surface area contributed by atoms with Gasteiger partial charge in [-0.3, -0.25) is 14.9 Å². The quantitative estimate of drug-likeness (QED) is 0.432. The number of carbonyl (C=O) groups is 1. The Labute approximate surface area is 122 Å². The number of carboxylic acid groups (broad SMARTS) is 1. The number of nitrogens with two attached hydrogens (primary N) is 1. The molecule has 0 fully saturated rings. The van der Waals surface area contributed by atoms with Crippen LogP contribution in [0.15, 0.2) is 18.2 Å². The molecule has 7 nitrogen and oxygen atoms in total. The van der Waals surface area contributed by atoms with Crippen LogP contribution < -0.4 is 10.5 Å². The largest absolute Gasteiger partial charge is 0.493 e. The minimum atomic E-state index is -1.22. The average Bonchev–Trinajstić information content (AvgIpc) is 2.39. The lowest BCUT2D eigenvalue weighted by atomic mass is 9.97. The Kier molecular flexibility index (Phi) is 5.66. The van der Waals surface area contributed by atoms with Gasteiger partial charge in [0.2, 0.25) is 0 Å². The molecule has 0 amide bonds. The Morgan fingerprint density at radius 1 is 1.48 bits per heavy atom. The molecule has 7 heteroatoms. The van der Waals surface area contributed by atoms with Gasteiger partial charge in [0.15, 0.2) is 0 Å². The van der Waals surface area contributed by atoms with Crippen LogP contribution >= 0.6 is 0 Å². The number of unbranched alkanes of at least 4 members (excludes halogenated alkanes) is 1. The topological polar surface area (TPSA) is 116 Å². The van der Waals surface area contributed by atoms with Gasteiger partial charge in [0.05, 0.1) is 11.5 Å². The highest BCUT2D eigenvalue weighted by Gasteiger charge is 2.26. The molecule has 0 aliphatic rings. The van der Waals surface area contributed by atoms with E-state index in [0.717, 1.165) is 0 Å². The number of hydrogen-bond donors (Lipinski definition) is 2. The highest BCUT2D eigenvalue weighted by molar-refractivity contribution is 5.77. The minimum Gasteiger partial charge on any atom is -0.493 e. The van der Waals surface area contributed by atoms with Crippen LogP contribution in [0.5, 0.6) is 5.75 Å². The molecule has 21 heavy (non-hydrogen) atoms. The number of nitro groups is 1. The van der Waals surface area contributed by atoms with Crippen molar-refractivity contribution in [1.82, 2.24) is 0 Å². The molecular weight excluding hydrogens is 276 g/mol. The molecule has 0 aliphatic carbocycles. The molecular formula is C14H20N2O5. The molecule has 1 aromatic carbocycles. The maximum Gasteiger partial charge on any atom is 0.323 e. The van der Waals surface area contributed by atoms with Gasteiger partial charge in [-0.25, -0.2) is 0 Å². The molecule has 3 N–H and O–H groups in total. The lowest BCUT2D eigenvalue weighted by molar-refractivity contribution is -0.384. The molecule has 0 heterocycles. The van der Waals surface area contributed by atoms with Gasteiger partial charge in [0.25, 0.3) is 5.69 Å². The fourth-order valence-corrected chi connectivity index (χ4v) is 1.79. The van der Waals surface area contributed by atoms with Gasteiger partial charge in [-0.05, 0) is 44.7 Å².